The summed E-state index contributed by atoms with van der Waals surface area (Å²) < 4.78 is 15.3. The molecule has 0 amide bonds. The summed E-state index contributed by atoms with van der Waals surface area (Å²) in [5.41, 5.74) is 7.91. The lowest BCUT2D eigenvalue weighted by atomic mass is 10.1. The van der Waals surface area contributed by atoms with Crippen LogP contribution in [0.4, 0.5) is 10.2 Å². The van der Waals surface area contributed by atoms with Crippen LogP contribution < -0.4 is 5.73 Å². The molecule has 4 nitrogen and oxygen atoms in total. The molecule has 0 unspecified atom stereocenters. The maximum Gasteiger partial charge on any atom is 0.155 e. The van der Waals surface area contributed by atoms with E-state index in [1.807, 2.05) is 19.1 Å². The number of halogens is 1. The predicted molar refractivity (Wildman–Crippen MR) is 75.9 cm³/mol. The fourth-order valence-corrected chi connectivity index (χ4v) is 2.02. The van der Waals surface area contributed by atoms with Gasteiger partial charge in [0.2, 0.25) is 0 Å². The van der Waals surface area contributed by atoms with Crippen molar-refractivity contribution in [1.29, 1.82) is 0 Å². The molecule has 2 heterocycles. The number of hydrogen-bond donors (Lipinski definition) is 1. The summed E-state index contributed by atoms with van der Waals surface area (Å²) in [5, 5.41) is 4.34. The lowest BCUT2D eigenvalue weighted by Crippen LogP contribution is -2.04. The fraction of sp³-hybridized carbons (Fsp3) is 0.0667. The first-order chi connectivity index (χ1) is 9.65. The molecule has 5 heteroatoms. The minimum Gasteiger partial charge on any atom is -0.384 e. The van der Waals surface area contributed by atoms with Crippen LogP contribution in [-0.2, 0) is 0 Å². The van der Waals surface area contributed by atoms with Crippen molar-refractivity contribution in [1.82, 2.24) is 14.8 Å². The van der Waals surface area contributed by atoms with Crippen LogP contribution in [0.1, 0.15) is 5.56 Å². The van der Waals surface area contributed by atoms with E-state index in [9.17, 15) is 4.39 Å². The van der Waals surface area contributed by atoms with Crippen molar-refractivity contribution in [2.75, 3.05) is 5.73 Å². The van der Waals surface area contributed by atoms with Crippen LogP contribution >= 0.6 is 0 Å². The Kier molecular flexibility index (Phi) is 2.95. The van der Waals surface area contributed by atoms with E-state index >= 15 is 0 Å². The Hall–Kier alpha value is -2.69. The largest absolute Gasteiger partial charge is 0.384 e. The molecule has 3 aromatic rings. The van der Waals surface area contributed by atoms with Crippen molar-refractivity contribution < 1.29 is 4.39 Å². The number of aromatic nitrogens is 3. The number of benzene rings is 1. The van der Waals surface area contributed by atoms with Gasteiger partial charge in [0.25, 0.3) is 0 Å². The summed E-state index contributed by atoms with van der Waals surface area (Å²) in [7, 11) is 0. The first-order valence-corrected chi connectivity index (χ1v) is 6.18. The fourth-order valence-electron chi connectivity index (χ4n) is 2.02. The highest BCUT2D eigenvalue weighted by molar-refractivity contribution is 5.63. The molecular formula is C15H13FN4. The minimum absolute atomic E-state index is 0.325. The topological polar surface area (TPSA) is 56.7 Å². The molecular weight excluding hydrogens is 255 g/mol. The van der Waals surface area contributed by atoms with Gasteiger partial charge in [-0.3, -0.25) is 0 Å². The highest BCUT2D eigenvalue weighted by atomic mass is 19.1. The Balaban J connectivity index is 2.10. The third kappa shape index (κ3) is 2.14. The van der Waals surface area contributed by atoms with E-state index in [0.717, 1.165) is 5.56 Å². The normalized spacial score (nSPS) is 10.7. The van der Waals surface area contributed by atoms with Gasteiger partial charge in [-0.15, -0.1) is 0 Å². The van der Waals surface area contributed by atoms with Gasteiger partial charge in [0.15, 0.2) is 5.82 Å². The summed E-state index contributed by atoms with van der Waals surface area (Å²) in [6.07, 6.45) is 1.69. The second kappa shape index (κ2) is 4.77. The molecule has 100 valence electrons. The zero-order chi connectivity index (χ0) is 14.1. The van der Waals surface area contributed by atoms with E-state index in [4.69, 9.17) is 5.73 Å². The lowest BCUT2D eigenvalue weighted by Gasteiger charge is -2.03. The maximum absolute atomic E-state index is 13.8. The number of rotatable bonds is 2. The second-order valence-electron chi connectivity index (χ2n) is 4.54. The molecule has 20 heavy (non-hydrogen) atoms. The van der Waals surface area contributed by atoms with Crippen LogP contribution in [0.2, 0.25) is 0 Å². The summed E-state index contributed by atoms with van der Waals surface area (Å²) >= 11 is 0. The third-order valence-corrected chi connectivity index (χ3v) is 3.00. The van der Waals surface area contributed by atoms with Crippen LogP contribution in [0, 0.1) is 12.7 Å². The Morgan fingerprint density at radius 1 is 1.15 bits per heavy atom. The van der Waals surface area contributed by atoms with E-state index in [0.29, 0.717) is 22.9 Å². The Morgan fingerprint density at radius 3 is 2.70 bits per heavy atom. The predicted octanol–water partition coefficient (Wildman–Crippen LogP) is 2.96. The van der Waals surface area contributed by atoms with E-state index in [1.54, 1.807) is 30.5 Å². The van der Waals surface area contributed by atoms with Crippen LogP contribution in [-0.4, -0.2) is 14.8 Å². The summed E-state index contributed by atoms with van der Waals surface area (Å²) in [6, 6.07) is 11.9. The molecule has 0 saturated carbocycles. The molecule has 0 spiro atoms. The van der Waals surface area contributed by atoms with Crippen molar-refractivity contribution in [3.63, 3.8) is 0 Å². The number of nitrogen functional groups attached to an aromatic ring is 1. The monoisotopic (exact) mass is 268 g/mol. The first-order valence-electron chi connectivity index (χ1n) is 6.18. The van der Waals surface area contributed by atoms with E-state index in [-0.39, 0.29) is 5.82 Å². The van der Waals surface area contributed by atoms with Crippen molar-refractivity contribution in [2.24, 2.45) is 0 Å². The quantitative estimate of drug-likeness (QED) is 0.777. The average Bonchev–Trinajstić information content (AvgIpc) is 2.81. The Morgan fingerprint density at radius 2 is 1.95 bits per heavy atom. The number of nitrogens with two attached hydrogens (primary N) is 1. The number of aryl methyl sites for hydroxylation is 1. The number of nitrogens with zero attached hydrogens (tertiary/aromatic N) is 3. The smallest absolute Gasteiger partial charge is 0.155 e. The zero-order valence-corrected chi connectivity index (χ0v) is 10.9. The molecule has 1 aromatic carbocycles. The molecule has 0 fully saturated rings. The number of anilines is 1. The number of hydrogen-bond acceptors (Lipinski definition) is 3. The zero-order valence-electron chi connectivity index (χ0n) is 10.9. The molecule has 0 aliphatic carbocycles. The number of pyridine rings is 1. The van der Waals surface area contributed by atoms with Gasteiger partial charge >= 0.3 is 0 Å². The van der Waals surface area contributed by atoms with Crippen molar-refractivity contribution in [3.05, 3.63) is 60.0 Å². The minimum atomic E-state index is -0.325. The lowest BCUT2D eigenvalue weighted by molar-refractivity contribution is 0.630. The van der Waals surface area contributed by atoms with Gasteiger partial charge in [-0.25, -0.2) is 9.37 Å². The molecule has 3 rings (SSSR count). The standard InChI is InChI=1S/C15H13FN4/c1-10-6-7-18-15(8-10)20-14(17)9-13(19-20)11-4-2-3-5-12(11)16/h2-9H,17H2,1H3. The van der Waals surface area contributed by atoms with Crippen molar-refractivity contribution in [2.45, 2.75) is 6.92 Å². The van der Waals surface area contributed by atoms with Gasteiger partial charge < -0.3 is 5.73 Å². The molecule has 0 aliphatic heterocycles. The van der Waals surface area contributed by atoms with Gasteiger partial charge in [-0.05, 0) is 36.8 Å². The van der Waals surface area contributed by atoms with Crippen molar-refractivity contribution in [3.8, 4) is 17.1 Å². The highest BCUT2D eigenvalue weighted by Crippen LogP contribution is 2.24. The van der Waals surface area contributed by atoms with E-state index < -0.39 is 0 Å². The molecule has 2 aromatic heterocycles. The molecule has 2 N–H and O–H groups in total. The van der Waals surface area contributed by atoms with Gasteiger partial charge in [-0.2, -0.15) is 9.78 Å². The maximum atomic E-state index is 13.8. The molecule has 0 bridgehead atoms. The summed E-state index contributed by atoms with van der Waals surface area (Å²) in [5.74, 6) is 0.709. The summed E-state index contributed by atoms with van der Waals surface area (Å²) in [4.78, 5) is 4.23. The Labute approximate surface area is 115 Å². The SMILES string of the molecule is Cc1ccnc(-n2nc(-c3ccccc3F)cc2N)c1. The first kappa shape index (κ1) is 12.3. The molecule has 0 aliphatic rings. The van der Waals surface area contributed by atoms with Crippen LogP contribution in [0.25, 0.3) is 17.1 Å². The van der Waals surface area contributed by atoms with Crippen LogP contribution in [0.5, 0.6) is 0 Å². The van der Waals surface area contributed by atoms with Gasteiger partial charge in [0.1, 0.15) is 11.6 Å². The van der Waals surface area contributed by atoms with Crippen LogP contribution in [0.3, 0.4) is 0 Å². The highest BCUT2D eigenvalue weighted by Gasteiger charge is 2.12. The Bertz CT molecular complexity index is 764. The van der Waals surface area contributed by atoms with Gasteiger partial charge in [0.05, 0.1) is 5.69 Å². The molecule has 0 radical (unpaired) electrons. The second-order valence-corrected chi connectivity index (χ2v) is 4.54. The van der Waals surface area contributed by atoms with Gasteiger partial charge in [-0.1, -0.05) is 12.1 Å². The molecule has 0 saturated heterocycles. The van der Waals surface area contributed by atoms with Crippen molar-refractivity contribution >= 4 is 5.82 Å². The summed E-state index contributed by atoms with van der Waals surface area (Å²) in [6.45, 7) is 1.96. The third-order valence-electron chi connectivity index (χ3n) is 3.00. The average molecular weight is 268 g/mol. The molecule has 0 atom stereocenters. The van der Waals surface area contributed by atoms with Gasteiger partial charge in [0, 0.05) is 17.8 Å². The van der Waals surface area contributed by atoms with E-state index in [1.165, 1.54) is 10.7 Å². The van der Waals surface area contributed by atoms with E-state index in [2.05, 4.69) is 10.1 Å². The van der Waals surface area contributed by atoms with Crippen LogP contribution in [0.15, 0.2) is 48.7 Å².